The van der Waals surface area contributed by atoms with Crippen molar-refractivity contribution in [1.29, 1.82) is 0 Å². The zero-order valence-electron chi connectivity index (χ0n) is 17.8. The minimum absolute atomic E-state index is 0.117. The Morgan fingerprint density at radius 2 is 1.68 bits per heavy atom. The highest BCUT2D eigenvalue weighted by molar-refractivity contribution is 5.83. The maximum atomic E-state index is 12.0. The lowest BCUT2D eigenvalue weighted by atomic mass is 10.1. The Bertz CT molecular complexity index is 901. The summed E-state index contributed by atoms with van der Waals surface area (Å²) >= 11 is 0. The molecule has 0 saturated carbocycles. The normalized spacial score (nSPS) is 14.5. The molecular formula is C23H28N2O6. The molecule has 8 nitrogen and oxygen atoms in total. The Morgan fingerprint density at radius 1 is 0.968 bits per heavy atom. The van der Waals surface area contributed by atoms with Crippen molar-refractivity contribution in [2.45, 2.75) is 25.4 Å². The van der Waals surface area contributed by atoms with Crippen LogP contribution in [0.3, 0.4) is 0 Å². The van der Waals surface area contributed by atoms with Crippen molar-refractivity contribution in [2.75, 3.05) is 33.9 Å². The van der Waals surface area contributed by atoms with E-state index in [4.69, 9.17) is 18.9 Å². The number of para-hydroxylation sites is 2. The van der Waals surface area contributed by atoms with E-state index in [1.807, 2.05) is 42.5 Å². The van der Waals surface area contributed by atoms with Gasteiger partial charge < -0.3 is 29.6 Å². The summed E-state index contributed by atoms with van der Waals surface area (Å²) in [6.45, 7) is 1.17. The zero-order chi connectivity index (χ0) is 22.1. The fraction of sp³-hybridized carbons (Fsp3) is 0.391. The third kappa shape index (κ3) is 6.53. The van der Waals surface area contributed by atoms with Crippen LogP contribution in [-0.2, 0) is 16.0 Å². The van der Waals surface area contributed by atoms with Gasteiger partial charge in [-0.25, -0.2) is 0 Å². The number of fused-ring (bicyclic) bond motifs is 1. The van der Waals surface area contributed by atoms with Crippen LogP contribution in [0.25, 0.3) is 0 Å². The SMILES string of the molecule is COc1ccc(CCNC(=O)CCC(=O)NCC2COc3ccccc3O2)cc1OC. The van der Waals surface area contributed by atoms with Crippen LogP contribution in [0.4, 0.5) is 0 Å². The molecule has 1 aliphatic rings. The van der Waals surface area contributed by atoms with Gasteiger partial charge in [0.25, 0.3) is 0 Å². The molecule has 1 aliphatic heterocycles. The van der Waals surface area contributed by atoms with E-state index >= 15 is 0 Å². The van der Waals surface area contributed by atoms with E-state index in [-0.39, 0.29) is 30.8 Å². The number of hydrogen-bond donors (Lipinski definition) is 2. The molecule has 1 heterocycles. The number of rotatable bonds is 10. The molecule has 2 aromatic rings. The first-order valence-electron chi connectivity index (χ1n) is 10.2. The van der Waals surface area contributed by atoms with Gasteiger partial charge >= 0.3 is 0 Å². The van der Waals surface area contributed by atoms with Gasteiger partial charge in [0.15, 0.2) is 23.0 Å². The van der Waals surface area contributed by atoms with Crippen molar-refractivity contribution < 1.29 is 28.5 Å². The Labute approximate surface area is 181 Å². The molecule has 2 amide bonds. The van der Waals surface area contributed by atoms with Crippen LogP contribution in [0.15, 0.2) is 42.5 Å². The van der Waals surface area contributed by atoms with Gasteiger partial charge in [0.1, 0.15) is 12.7 Å². The number of carbonyl (C=O) groups is 2. The lowest BCUT2D eigenvalue weighted by Gasteiger charge is -2.26. The van der Waals surface area contributed by atoms with Crippen LogP contribution in [0.5, 0.6) is 23.0 Å². The van der Waals surface area contributed by atoms with Gasteiger partial charge in [-0.05, 0) is 36.2 Å². The molecule has 2 aromatic carbocycles. The minimum Gasteiger partial charge on any atom is -0.493 e. The van der Waals surface area contributed by atoms with E-state index in [0.717, 1.165) is 5.56 Å². The average Bonchev–Trinajstić information content (AvgIpc) is 2.81. The Morgan fingerprint density at radius 3 is 2.42 bits per heavy atom. The first-order valence-corrected chi connectivity index (χ1v) is 10.2. The smallest absolute Gasteiger partial charge is 0.220 e. The highest BCUT2D eigenvalue weighted by atomic mass is 16.6. The second-order valence-corrected chi connectivity index (χ2v) is 7.09. The van der Waals surface area contributed by atoms with Crippen LogP contribution < -0.4 is 29.6 Å². The van der Waals surface area contributed by atoms with Crippen molar-refractivity contribution in [3.63, 3.8) is 0 Å². The van der Waals surface area contributed by atoms with Gasteiger partial charge in [-0.2, -0.15) is 0 Å². The summed E-state index contributed by atoms with van der Waals surface area (Å²) in [5, 5.41) is 5.63. The summed E-state index contributed by atoms with van der Waals surface area (Å²) in [6, 6.07) is 13.1. The molecule has 0 aliphatic carbocycles. The lowest BCUT2D eigenvalue weighted by molar-refractivity contribution is -0.126. The number of ether oxygens (including phenoxy) is 4. The fourth-order valence-electron chi connectivity index (χ4n) is 3.18. The van der Waals surface area contributed by atoms with Crippen molar-refractivity contribution in [3.05, 3.63) is 48.0 Å². The number of methoxy groups -OCH3 is 2. The highest BCUT2D eigenvalue weighted by Gasteiger charge is 2.21. The average molecular weight is 428 g/mol. The summed E-state index contributed by atoms with van der Waals surface area (Å²) < 4.78 is 21.9. The molecule has 0 fully saturated rings. The van der Waals surface area contributed by atoms with E-state index in [9.17, 15) is 9.59 Å². The number of benzene rings is 2. The molecular weight excluding hydrogens is 400 g/mol. The summed E-state index contributed by atoms with van der Waals surface area (Å²) in [4.78, 5) is 24.1. The molecule has 1 atom stereocenters. The minimum atomic E-state index is -0.255. The second-order valence-electron chi connectivity index (χ2n) is 7.09. The summed E-state index contributed by atoms with van der Waals surface area (Å²) in [5.41, 5.74) is 1.02. The zero-order valence-corrected chi connectivity index (χ0v) is 17.8. The van der Waals surface area contributed by atoms with Gasteiger partial charge in [0, 0.05) is 19.4 Å². The highest BCUT2D eigenvalue weighted by Crippen LogP contribution is 2.30. The van der Waals surface area contributed by atoms with Crippen molar-refractivity contribution in [2.24, 2.45) is 0 Å². The predicted octanol–water partition coefficient (Wildman–Crippen LogP) is 2.10. The summed E-state index contributed by atoms with van der Waals surface area (Å²) in [6.07, 6.45) is 0.641. The third-order valence-corrected chi connectivity index (χ3v) is 4.86. The molecule has 0 radical (unpaired) electrons. The first kappa shape index (κ1) is 22.3. The lowest BCUT2D eigenvalue weighted by Crippen LogP contribution is -2.41. The number of hydrogen-bond acceptors (Lipinski definition) is 6. The Kier molecular flexibility index (Phi) is 7.98. The van der Waals surface area contributed by atoms with E-state index in [2.05, 4.69) is 10.6 Å². The van der Waals surface area contributed by atoms with Crippen LogP contribution in [0.2, 0.25) is 0 Å². The maximum absolute atomic E-state index is 12.0. The topological polar surface area (TPSA) is 95.1 Å². The van der Waals surface area contributed by atoms with E-state index in [0.29, 0.717) is 49.1 Å². The Hall–Kier alpha value is -3.42. The summed E-state index contributed by atoms with van der Waals surface area (Å²) in [7, 11) is 3.17. The largest absolute Gasteiger partial charge is 0.493 e. The number of amides is 2. The van der Waals surface area contributed by atoms with E-state index in [1.165, 1.54) is 0 Å². The molecule has 0 bridgehead atoms. The molecule has 0 spiro atoms. The molecule has 2 N–H and O–H groups in total. The monoisotopic (exact) mass is 428 g/mol. The summed E-state index contributed by atoms with van der Waals surface area (Å²) in [5.74, 6) is 2.32. The quantitative estimate of drug-likeness (QED) is 0.602. The van der Waals surface area contributed by atoms with E-state index < -0.39 is 0 Å². The molecule has 166 valence electrons. The Balaban J connectivity index is 1.31. The van der Waals surface area contributed by atoms with Crippen LogP contribution in [-0.4, -0.2) is 51.8 Å². The van der Waals surface area contributed by atoms with Gasteiger partial charge in [-0.15, -0.1) is 0 Å². The molecule has 31 heavy (non-hydrogen) atoms. The number of carbonyl (C=O) groups excluding carboxylic acids is 2. The van der Waals surface area contributed by atoms with Crippen molar-refractivity contribution >= 4 is 11.8 Å². The van der Waals surface area contributed by atoms with Crippen LogP contribution >= 0.6 is 0 Å². The standard InChI is InChI=1S/C23H28N2O6/c1-28-18-8-7-16(13-21(18)29-2)11-12-24-22(26)9-10-23(27)25-14-17-15-30-19-5-3-4-6-20(19)31-17/h3-8,13,17H,9-12,14-15H2,1-2H3,(H,24,26)(H,25,27). The first-order chi connectivity index (χ1) is 15.1. The second kappa shape index (κ2) is 11.1. The van der Waals surface area contributed by atoms with Crippen LogP contribution in [0.1, 0.15) is 18.4 Å². The van der Waals surface area contributed by atoms with Crippen molar-refractivity contribution in [3.8, 4) is 23.0 Å². The fourth-order valence-corrected chi connectivity index (χ4v) is 3.18. The molecule has 0 saturated heterocycles. The van der Waals surface area contributed by atoms with Gasteiger partial charge in [-0.3, -0.25) is 9.59 Å². The van der Waals surface area contributed by atoms with E-state index in [1.54, 1.807) is 14.2 Å². The van der Waals surface area contributed by atoms with Crippen LogP contribution in [0, 0.1) is 0 Å². The maximum Gasteiger partial charge on any atom is 0.220 e. The number of nitrogens with one attached hydrogen (secondary N) is 2. The third-order valence-electron chi connectivity index (χ3n) is 4.86. The molecule has 8 heteroatoms. The van der Waals surface area contributed by atoms with Crippen molar-refractivity contribution in [1.82, 2.24) is 10.6 Å². The molecule has 3 rings (SSSR count). The van der Waals surface area contributed by atoms with Gasteiger partial charge in [0.05, 0.1) is 20.8 Å². The van der Waals surface area contributed by atoms with Gasteiger partial charge in [-0.1, -0.05) is 18.2 Å². The van der Waals surface area contributed by atoms with Gasteiger partial charge in [0.2, 0.25) is 11.8 Å². The predicted molar refractivity (Wildman–Crippen MR) is 115 cm³/mol. The molecule has 0 aromatic heterocycles. The molecule has 1 unspecified atom stereocenters.